The molecular formula is C14H24ClN5OS. The van der Waals surface area contributed by atoms with Crippen molar-refractivity contribution in [2.45, 2.75) is 43.4 Å². The summed E-state index contributed by atoms with van der Waals surface area (Å²) in [6.07, 6.45) is 6.27. The van der Waals surface area contributed by atoms with Gasteiger partial charge in [0.2, 0.25) is 0 Å². The minimum absolute atomic E-state index is 0. The van der Waals surface area contributed by atoms with Crippen LogP contribution in [-0.2, 0) is 0 Å². The first-order valence-corrected chi connectivity index (χ1v) is 8.70. The molecule has 1 atom stereocenters. The van der Waals surface area contributed by atoms with E-state index in [1.807, 2.05) is 16.4 Å². The number of thioether (sulfide) groups is 1. The molecular weight excluding hydrogens is 322 g/mol. The van der Waals surface area contributed by atoms with E-state index in [4.69, 9.17) is 0 Å². The Morgan fingerprint density at radius 1 is 1.55 bits per heavy atom. The van der Waals surface area contributed by atoms with E-state index in [-0.39, 0.29) is 23.1 Å². The van der Waals surface area contributed by atoms with Gasteiger partial charge in [-0.2, -0.15) is 11.8 Å². The number of rotatable bonds is 4. The Hall–Kier alpha value is -0.790. The number of carbonyl (C=O) groups is 1. The lowest BCUT2D eigenvalue weighted by Crippen LogP contribution is -2.36. The van der Waals surface area contributed by atoms with Crippen LogP contribution in [0.25, 0.3) is 0 Å². The molecule has 0 saturated carbocycles. The van der Waals surface area contributed by atoms with E-state index in [2.05, 4.69) is 27.9 Å². The van der Waals surface area contributed by atoms with Crippen LogP contribution in [0.2, 0.25) is 0 Å². The second-order valence-electron chi connectivity index (χ2n) is 6.15. The largest absolute Gasteiger partial charge is 0.349 e. The molecule has 8 heteroatoms. The van der Waals surface area contributed by atoms with Gasteiger partial charge in [-0.3, -0.25) is 4.79 Å². The zero-order chi connectivity index (χ0) is 14.7. The Morgan fingerprint density at radius 3 is 3.00 bits per heavy atom. The molecule has 1 aromatic rings. The minimum atomic E-state index is -0.107. The second kappa shape index (κ2) is 7.66. The molecule has 124 valence electrons. The van der Waals surface area contributed by atoms with Gasteiger partial charge in [0.25, 0.3) is 5.91 Å². The summed E-state index contributed by atoms with van der Waals surface area (Å²) in [5.74, 6) is 1.09. The van der Waals surface area contributed by atoms with Crippen LogP contribution >= 0.6 is 24.2 Å². The van der Waals surface area contributed by atoms with Gasteiger partial charge in [-0.25, -0.2) is 4.68 Å². The highest BCUT2D eigenvalue weighted by Crippen LogP contribution is 2.36. The predicted molar refractivity (Wildman–Crippen MR) is 90.8 cm³/mol. The van der Waals surface area contributed by atoms with Gasteiger partial charge in [0, 0.05) is 11.3 Å². The highest BCUT2D eigenvalue weighted by atomic mass is 35.5. The van der Waals surface area contributed by atoms with Crippen molar-refractivity contribution in [2.24, 2.45) is 0 Å². The molecule has 1 unspecified atom stereocenters. The number of piperidine rings is 1. The van der Waals surface area contributed by atoms with Crippen LogP contribution in [0.5, 0.6) is 0 Å². The van der Waals surface area contributed by atoms with E-state index < -0.39 is 0 Å². The number of halogens is 1. The lowest BCUT2D eigenvalue weighted by molar-refractivity contribution is 0.0945. The van der Waals surface area contributed by atoms with Crippen LogP contribution in [0, 0.1) is 0 Å². The van der Waals surface area contributed by atoms with Crippen molar-refractivity contribution in [3.63, 3.8) is 0 Å². The molecule has 2 aliphatic heterocycles. The van der Waals surface area contributed by atoms with Gasteiger partial charge >= 0.3 is 0 Å². The van der Waals surface area contributed by atoms with Gasteiger partial charge in [0.15, 0.2) is 5.69 Å². The van der Waals surface area contributed by atoms with Gasteiger partial charge in [-0.05, 0) is 51.4 Å². The monoisotopic (exact) mass is 345 g/mol. The number of hydrogen-bond acceptors (Lipinski definition) is 5. The summed E-state index contributed by atoms with van der Waals surface area (Å²) >= 11 is 1.95. The maximum atomic E-state index is 12.2. The van der Waals surface area contributed by atoms with Crippen molar-refractivity contribution < 1.29 is 4.79 Å². The van der Waals surface area contributed by atoms with Crippen molar-refractivity contribution in [2.75, 3.05) is 25.4 Å². The van der Waals surface area contributed by atoms with Crippen molar-refractivity contribution in [1.82, 2.24) is 25.6 Å². The number of nitrogens with zero attached hydrogens (tertiary/aromatic N) is 3. The van der Waals surface area contributed by atoms with E-state index in [0.717, 1.165) is 25.9 Å². The Labute approximate surface area is 141 Å². The minimum Gasteiger partial charge on any atom is -0.349 e. The maximum Gasteiger partial charge on any atom is 0.273 e. The first-order valence-electron chi connectivity index (χ1n) is 7.71. The summed E-state index contributed by atoms with van der Waals surface area (Å²) in [7, 11) is 0. The van der Waals surface area contributed by atoms with Gasteiger partial charge in [0.1, 0.15) is 0 Å². The van der Waals surface area contributed by atoms with Crippen LogP contribution in [0.4, 0.5) is 0 Å². The fourth-order valence-corrected chi connectivity index (χ4v) is 4.21. The molecule has 22 heavy (non-hydrogen) atoms. The number of nitrogens with one attached hydrogen (secondary N) is 2. The molecule has 0 aromatic carbocycles. The molecule has 3 heterocycles. The van der Waals surface area contributed by atoms with E-state index in [9.17, 15) is 4.79 Å². The summed E-state index contributed by atoms with van der Waals surface area (Å²) in [6, 6.07) is 0.364. The molecule has 0 radical (unpaired) electrons. The predicted octanol–water partition coefficient (Wildman–Crippen LogP) is 1.64. The Morgan fingerprint density at radius 2 is 2.32 bits per heavy atom. The third-order valence-corrected chi connectivity index (χ3v) is 5.89. The smallest absolute Gasteiger partial charge is 0.273 e. The molecule has 0 spiro atoms. The Balaban J connectivity index is 0.00000176. The summed E-state index contributed by atoms with van der Waals surface area (Å²) < 4.78 is 2.03. The molecule has 2 fully saturated rings. The van der Waals surface area contributed by atoms with Crippen LogP contribution in [0.15, 0.2) is 6.20 Å². The number of amides is 1. The molecule has 0 aliphatic carbocycles. The van der Waals surface area contributed by atoms with Crippen molar-refractivity contribution in [1.29, 1.82) is 0 Å². The Bertz CT molecular complexity index is 497. The van der Waals surface area contributed by atoms with Crippen LogP contribution in [0.1, 0.15) is 49.1 Å². The highest BCUT2D eigenvalue weighted by molar-refractivity contribution is 8.00. The van der Waals surface area contributed by atoms with E-state index in [1.165, 1.54) is 18.6 Å². The first-order chi connectivity index (χ1) is 10.2. The molecule has 2 saturated heterocycles. The van der Waals surface area contributed by atoms with E-state index >= 15 is 0 Å². The number of hydrogen-bond donors (Lipinski definition) is 2. The normalized spacial score (nSPS) is 25.7. The topological polar surface area (TPSA) is 71.8 Å². The zero-order valence-electron chi connectivity index (χ0n) is 12.9. The average Bonchev–Trinajstić information content (AvgIpc) is 3.16. The molecule has 2 N–H and O–H groups in total. The SMILES string of the molecule is CC1(CNC(=O)c2cn(C3CCNCC3)nn2)CCCS1.Cl. The van der Waals surface area contributed by atoms with Gasteiger partial charge in [-0.15, -0.1) is 17.5 Å². The molecule has 0 bridgehead atoms. The van der Waals surface area contributed by atoms with E-state index in [0.29, 0.717) is 18.3 Å². The molecule has 6 nitrogen and oxygen atoms in total. The van der Waals surface area contributed by atoms with Crippen molar-refractivity contribution in [3.05, 3.63) is 11.9 Å². The molecule has 3 rings (SSSR count). The third-order valence-electron chi connectivity index (χ3n) is 4.35. The third kappa shape index (κ3) is 4.14. The molecule has 2 aliphatic rings. The summed E-state index contributed by atoms with van der Waals surface area (Å²) in [4.78, 5) is 12.2. The first kappa shape index (κ1) is 17.6. The standard InChI is InChI=1S/C14H23N5OS.ClH/c1-14(5-2-8-21-14)10-16-13(20)12-9-19(18-17-12)11-3-6-15-7-4-11;/h9,11,15H,2-8,10H2,1H3,(H,16,20);1H. The quantitative estimate of drug-likeness (QED) is 0.868. The van der Waals surface area contributed by atoms with Crippen LogP contribution in [-0.4, -0.2) is 51.0 Å². The van der Waals surface area contributed by atoms with Gasteiger partial charge < -0.3 is 10.6 Å². The van der Waals surface area contributed by atoms with Gasteiger partial charge in [0.05, 0.1) is 12.2 Å². The van der Waals surface area contributed by atoms with E-state index in [1.54, 1.807) is 6.20 Å². The second-order valence-corrected chi connectivity index (χ2v) is 7.83. The van der Waals surface area contributed by atoms with Crippen molar-refractivity contribution >= 4 is 30.1 Å². The van der Waals surface area contributed by atoms with Crippen LogP contribution < -0.4 is 10.6 Å². The fourth-order valence-electron chi connectivity index (χ4n) is 2.96. The molecule has 1 aromatic heterocycles. The summed E-state index contributed by atoms with van der Waals surface area (Å²) in [5.41, 5.74) is 0.431. The average molecular weight is 346 g/mol. The lowest BCUT2D eigenvalue weighted by atomic mass is 10.1. The van der Waals surface area contributed by atoms with Crippen LogP contribution in [0.3, 0.4) is 0 Å². The summed E-state index contributed by atoms with van der Waals surface area (Å²) in [6.45, 7) is 4.93. The zero-order valence-corrected chi connectivity index (χ0v) is 14.5. The van der Waals surface area contributed by atoms with Gasteiger partial charge in [-0.1, -0.05) is 5.21 Å². The number of carbonyl (C=O) groups excluding carboxylic acids is 1. The Kier molecular flexibility index (Phi) is 6.11. The van der Waals surface area contributed by atoms with Crippen molar-refractivity contribution in [3.8, 4) is 0 Å². The maximum absolute atomic E-state index is 12.2. The fraction of sp³-hybridized carbons (Fsp3) is 0.786. The lowest BCUT2D eigenvalue weighted by Gasteiger charge is -2.22. The summed E-state index contributed by atoms with van der Waals surface area (Å²) in [5, 5.41) is 14.5. The molecule has 1 amide bonds. The number of aromatic nitrogens is 3. The highest BCUT2D eigenvalue weighted by Gasteiger charge is 2.30.